The monoisotopic (exact) mass is 368 g/mol. The second kappa shape index (κ2) is 9.02. The van der Waals surface area contributed by atoms with E-state index in [-0.39, 0.29) is 6.04 Å². The highest BCUT2D eigenvalue weighted by Crippen LogP contribution is 2.16. The maximum Gasteiger partial charge on any atom is 0.191 e. The van der Waals surface area contributed by atoms with E-state index >= 15 is 0 Å². The van der Waals surface area contributed by atoms with Crippen molar-refractivity contribution >= 4 is 5.96 Å². The normalized spacial score (nSPS) is 15.5. The highest BCUT2D eigenvalue weighted by molar-refractivity contribution is 5.80. The lowest BCUT2D eigenvalue weighted by Gasteiger charge is -2.19. The molecule has 27 heavy (non-hydrogen) atoms. The Morgan fingerprint density at radius 2 is 1.93 bits per heavy atom. The Morgan fingerprint density at radius 3 is 2.63 bits per heavy atom. The van der Waals surface area contributed by atoms with Crippen molar-refractivity contribution in [1.29, 1.82) is 0 Å². The van der Waals surface area contributed by atoms with E-state index in [0.29, 0.717) is 12.5 Å². The van der Waals surface area contributed by atoms with Crippen LogP contribution < -0.4 is 10.6 Å². The molecule has 6 heteroatoms. The van der Waals surface area contributed by atoms with E-state index in [1.165, 1.54) is 24.0 Å². The number of nitrogens with one attached hydrogen (secondary N) is 2. The third-order valence-electron chi connectivity index (χ3n) is 5.05. The summed E-state index contributed by atoms with van der Waals surface area (Å²) in [4.78, 5) is 4.36. The molecule has 2 heterocycles. The van der Waals surface area contributed by atoms with Gasteiger partial charge in [-0.1, -0.05) is 38.1 Å². The van der Waals surface area contributed by atoms with Crippen molar-refractivity contribution in [3.8, 4) is 0 Å². The van der Waals surface area contributed by atoms with Gasteiger partial charge >= 0.3 is 0 Å². The first-order chi connectivity index (χ1) is 13.1. The van der Waals surface area contributed by atoms with E-state index in [1.807, 2.05) is 0 Å². The molecule has 0 radical (unpaired) electrons. The summed E-state index contributed by atoms with van der Waals surface area (Å²) in [6.45, 7) is 8.31. The number of hydrogen-bond donors (Lipinski definition) is 2. The van der Waals surface area contributed by atoms with E-state index < -0.39 is 0 Å². The van der Waals surface area contributed by atoms with Gasteiger partial charge in [0.25, 0.3) is 0 Å². The predicted octanol–water partition coefficient (Wildman–Crippen LogP) is 3.24. The molecule has 0 spiro atoms. The Balaban J connectivity index is 1.56. The average Bonchev–Trinajstić information content (AvgIpc) is 3.08. The minimum atomic E-state index is 0.177. The SMILES string of the molecule is CN=C(NCc1nnc2n1CCCC2)NC(C)c1ccc(CC(C)C)cc1. The van der Waals surface area contributed by atoms with Crippen LogP contribution in [0, 0.1) is 5.92 Å². The smallest absolute Gasteiger partial charge is 0.191 e. The molecule has 3 rings (SSSR count). The van der Waals surface area contributed by atoms with E-state index in [1.54, 1.807) is 7.05 Å². The number of aliphatic imine (C=N–C) groups is 1. The molecule has 1 atom stereocenters. The van der Waals surface area contributed by atoms with Crippen molar-refractivity contribution in [1.82, 2.24) is 25.4 Å². The van der Waals surface area contributed by atoms with Gasteiger partial charge in [0.1, 0.15) is 5.82 Å². The molecule has 2 N–H and O–H groups in total. The standard InChI is InChI=1S/C21H32N6/c1-15(2)13-17-8-10-18(11-9-17)16(3)24-21(22-4)23-14-20-26-25-19-7-5-6-12-27(19)20/h8-11,15-16H,5-7,12-14H2,1-4H3,(H2,22,23,24). The Morgan fingerprint density at radius 1 is 1.15 bits per heavy atom. The molecule has 0 fully saturated rings. The zero-order valence-corrected chi connectivity index (χ0v) is 17.0. The van der Waals surface area contributed by atoms with Crippen LogP contribution in [0.15, 0.2) is 29.3 Å². The molecular formula is C21H32N6. The second-order valence-corrected chi connectivity index (χ2v) is 7.77. The molecule has 0 bridgehead atoms. The van der Waals surface area contributed by atoms with Crippen molar-refractivity contribution in [3.63, 3.8) is 0 Å². The summed E-state index contributed by atoms with van der Waals surface area (Å²) in [5.41, 5.74) is 2.64. The highest BCUT2D eigenvalue weighted by atomic mass is 15.3. The number of benzene rings is 1. The van der Waals surface area contributed by atoms with Gasteiger partial charge in [-0.05, 0) is 43.2 Å². The van der Waals surface area contributed by atoms with Gasteiger partial charge in [0.2, 0.25) is 0 Å². The van der Waals surface area contributed by atoms with Crippen molar-refractivity contribution < 1.29 is 0 Å². The summed E-state index contributed by atoms with van der Waals surface area (Å²) in [7, 11) is 1.80. The van der Waals surface area contributed by atoms with E-state index in [2.05, 4.69) is 75.4 Å². The van der Waals surface area contributed by atoms with E-state index in [0.717, 1.165) is 37.0 Å². The largest absolute Gasteiger partial charge is 0.350 e. The number of nitrogens with zero attached hydrogens (tertiary/aromatic N) is 4. The quantitative estimate of drug-likeness (QED) is 0.607. The zero-order valence-electron chi connectivity index (χ0n) is 17.0. The maximum atomic E-state index is 4.36. The van der Waals surface area contributed by atoms with Gasteiger partial charge in [0.05, 0.1) is 12.6 Å². The van der Waals surface area contributed by atoms with Crippen LogP contribution >= 0.6 is 0 Å². The number of guanidine groups is 1. The lowest BCUT2D eigenvalue weighted by molar-refractivity contribution is 0.504. The molecule has 0 saturated heterocycles. The van der Waals surface area contributed by atoms with Gasteiger partial charge in [0, 0.05) is 20.0 Å². The maximum absolute atomic E-state index is 4.36. The third kappa shape index (κ3) is 5.08. The van der Waals surface area contributed by atoms with Crippen molar-refractivity contribution in [2.45, 2.75) is 65.6 Å². The molecule has 0 saturated carbocycles. The molecule has 6 nitrogen and oxygen atoms in total. The first-order valence-corrected chi connectivity index (χ1v) is 10.0. The van der Waals surface area contributed by atoms with Crippen LogP contribution in [-0.2, 0) is 25.9 Å². The first-order valence-electron chi connectivity index (χ1n) is 10.0. The molecule has 1 aliphatic heterocycles. The third-order valence-corrected chi connectivity index (χ3v) is 5.05. The van der Waals surface area contributed by atoms with Crippen molar-refractivity contribution in [2.75, 3.05) is 7.05 Å². The Labute approximate surface area is 162 Å². The Hall–Kier alpha value is -2.37. The van der Waals surface area contributed by atoms with Crippen LogP contribution in [-0.4, -0.2) is 27.8 Å². The van der Waals surface area contributed by atoms with Gasteiger partial charge in [0.15, 0.2) is 11.8 Å². The summed E-state index contributed by atoms with van der Waals surface area (Å²) in [6, 6.07) is 9.05. The number of aromatic nitrogens is 3. The molecular weight excluding hydrogens is 336 g/mol. The number of hydrogen-bond acceptors (Lipinski definition) is 3. The van der Waals surface area contributed by atoms with Crippen LogP contribution in [0.5, 0.6) is 0 Å². The lowest BCUT2D eigenvalue weighted by atomic mass is 10.00. The van der Waals surface area contributed by atoms with E-state index in [4.69, 9.17) is 0 Å². The molecule has 0 amide bonds. The predicted molar refractivity (Wildman–Crippen MR) is 110 cm³/mol. The van der Waals surface area contributed by atoms with Crippen LogP contribution in [0.25, 0.3) is 0 Å². The summed E-state index contributed by atoms with van der Waals surface area (Å²) in [5, 5.41) is 15.5. The van der Waals surface area contributed by atoms with Crippen molar-refractivity contribution in [3.05, 3.63) is 47.0 Å². The molecule has 1 unspecified atom stereocenters. The van der Waals surface area contributed by atoms with Crippen LogP contribution in [0.1, 0.15) is 62.4 Å². The van der Waals surface area contributed by atoms with E-state index in [9.17, 15) is 0 Å². The lowest BCUT2D eigenvalue weighted by Crippen LogP contribution is -2.38. The molecule has 1 aromatic carbocycles. The van der Waals surface area contributed by atoms with Crippen LogP contribution in [0.2, 0.25) is 0 Å². The molecule has 146 valence electrons. The van der Waals surface area contributed by atoms with Gasteiger partial charge < -0.3 is 15.2 Å². The van der Waals surface area contributed by atoms with Gasteiger partial charge in [-0.25, -0.2) is 0 Å². The highest BCUT2D eigenvalue weighted by Gasteiger charge is 2.16. The first kappa shape index (κ1) is 19.4. The minimum Gasteiger partial charge on any atom is -0.350 e. The zero-order chi connectivity index (χ0) is 19.2. The summed E-state index contributed by atoms with van der Waals surface area (Å²) < 4.78 is 2.24. The minimum absolute atomic E-state index is 0.177. The second-order valence-electron chi connectivity index (χ2n) is 7.77. The van der Waals surface area contributed by atoms with Crippen LogP contribution in [0.4, 0.5) is 0 Å². The summed E-state index contributed by atoms with van der Waals surface area (Å²) in [6.07, 6.45) is 4.56. The van der Waals surface area contributed by atoms with Crippen molar-refractivity contribution in [2.24, 2.45) is 10.9 Å². The fraction of sp³-hybridized carbons (Fsp3) is 0.571. The average molecular weight is 369 g/mol. The summed E-state index contributed by atoms with van der Waals surface area (Å²) in [5.74, 6) is 3.55. The number of aryl methyl sites for hydroxylation is 1. The Bertz CT molecular complexity index is 759. The molecule has 0 aliphatic carbocycles. The van der Waals surface area contributed by atoms with Gasteiger partial charge in [-0.2, -0.15) is 0 Å². The number of rotatable bonds is 6. The number of fused-ring (bicyclic) bond motifs is 1. The molecule has 1 aromatic heterocycles. The Kier molecular flexibility index (Phi) is 6.48. The molecule has 2 aromatic rings. The van der Waals surface area contributed by atoms with Crippen LogP contribution in [0.3, 0.4) is 0 Å². The fourth-order valence-corrected chi connectivity index (χ4v) is 3.56. The topological polar surface area (TPSA) is 67.1 Å². The molecule has 1 aliphatic rings. The summed E-state index contributed by atoms with van der Waals surface area (Å²) >= 11 is 0. The van der Waals surface area contributed by atoms with Gasteiger partial charge in [-0.15, -0.1) is 10.2 Å². The van der Waals surface area contributed by atoms with Gasteiger partial charge in [-0.3, -0.25) is 4.99 Å². The fourth-order valence-electron chi connectivity index (χ4n) is 3.56.